The van der Waals surface area contributed by atoms with Crippen LogP contribution in [0.2, 0.25) is 0 Å². The Hall–Kier alpha value is -0.660. The summed E-state index contributed by atoms with van der Waals surface area (Å²) in [6, 6.07) is 0. The van der Waals surface area contributed by atoms with Gasteiger partial charge in [0, 0.05) is 25.5 Å². The van der Waals surface area contributed by atoms with Crippen LogP contribution in [-0.4, -0.2) is 29.1 Å². The van der Waals surface area contributed by atoms with E-state index >= 15 is 0 Å². The molecule has 1 heterocycles. The molecule has 0 saturated carbocycles. The maximum absolute atomic E-state index is 2.73. The number of hydrogen-bond acceptors (Lipinski definition) is 2. The van der Waals surface area contributed by atoms with E-state index in [1.165, 1.54) is 251 Å². The molecule has 1 rings (SSSR count). The Morgan fingerprint density at radius 3 is 0.745 bits per heavy atom. The second-order valence-corrected chi connectivity index (χ2v) is 15.7. The van der Waals surface area contributed by atoms with Crippen LogP contribution >= 0.6 is 0 Å². The lowest BCUT2D eigenvalue weighted by Gasteiger charge is -2.33. The van der Waals surface area contributed by atoms with Crippen molar-refractivity contribution in [2.24, 2.45) is 0 Å². The van der Waals surface area contributed by atoms with E-state index in [-0.39, 0.29) is 0 Å². The zero-order valence-electron chi connectivity index (χ0n) is 33.2. The maximum Gasteiger partial charge on any atom is 0.101 e. The molecule has 280 valence electrons. The Morgan fingerprint density at radius 2 is 0.489 bits per heavy atom. The molecule has 1 aliphatic rings. The molecule has 2 heteroatoms. The Morgan fingerprint density at radius 1 is 0.277 bits per heavy atom. The Balaban J connectivity index is 2.18. The van der Waals surface area contributed by atoms with Crippen LogP contribution in [0.25, 0.3) is 0 Å². The van der Waals surface area contributed by atoms with E-state index in [2.05, 4.69) is 43.0 Å². The second kappa shape index (κ2) is 36.6. The Labute approximate surface area is 299 Å². The fourth-order valence-electron chi connectivity index (χ4n) is 7.78. The van der Waals surface area contributed by atoms with Crippen molar-refractivity contribution in [1.82, 2.24) is 9.80 Å². The fourth-order valence-corrected chi connectivity index (χ4v) is 7.78. The monoisotopic (exact) mass is 659 g/mol. The molecule has 47 heavy (non-hydrogen) atoms. The third-order valence-corrected chi connectivity index (χ3v) is 11.1. The average Bonchev–Trinajstić information content (AvgIpc) is 3.47. The van der Waals surface area contributed by atoms with E-state index in [1.807, 2.05) is 0 Å². The zero-order valence-corrected chi connectivity index (χ0v) is 33.2. The van der Waals surface area contributed by atoms with Crippen LogP contribution in [-0.2, 0) is 0 Å². The summed E-state index contributed by atoms with van der Waals surface area (Å²) in [5, 5.41) is 0. The summed E-state index contributed by atoms with van der Waals surface area (Å²) in [6.07, 6.45) is 58.9. The summed E-state index contributed by atoms with van der Waals surface area (Å²) in [7, 11) is 0. The lowest BCUT2D eigenvalue weighted by molar-refractivity contribution is 0.135. The SMILES string of the molecule is CCCCCCCCCCCCCCCCCCN1C=CN(CCCCCCCCCCCC)C1CCCCCCCCCCCC. The van der Waals surface area contributed by atoms with Gasteiger partial charge in [-0.1, -0.05) is 233 Å². The molecule has 0 saturated heterocycles. The predicted molar refractivity (Wildman–Crippen MR) is 214 cm³/mol. The molecule has 0 radical (unpaired) electrons. The zero-order chi connectivity index (χ0) is 33.7. The molecule has 0 spiro atoms. The van der Waals surface area contributed by atoms with Crippen LogP contribution in [0.1, 0.15) is 258 Å². The molecular weight excluding hydrogens is 569 g/mol. The Kier molecular flexibility index (Phi) is 34.6. The van der Waals surface area contributed by atoms with Crippen molar-refractivity contribution >= 4 is 0 Å². The largest absolute Gasteiger partial charge is 0.356 e. The number of rotatable bonds is 39. The molecule has 0 aliphatic carbocycles. The van der Waals surface area contributed by atoms with Gasteiger partial charge in [-0.2, -0.15) is 0 Å². The van der Waals surface area contributed by atoms with Gasteiger partial charge in [0.1, 0.15) is 6.17 Å². The molecule has 0 aromatic heterocycles. The number of hydrogen-bond donors (Lipinski definition) is 0. The van der Waals surface area contributed by atoms with Crippen LogP contribution in [0.15, 0.2) is 12.4 Å². The lowest BCUT2D eigenvalue weighted by atomic mass is 10.0. The van der Waals surface area contributed by atoms with Gasteiger partial charge in [-0.15, -0.1) is 0 Å². The molecule has 0 amide bonds. The highest BCUT2D eigenvalue weighted by Gasteiger charge is 2.24. The van der Waals surface area contributed by atoms with Gasteiger partial charge in [-0.05, 0) is 25.7 Å². The topological polar surface area (TPSA) is 6.48 Å². The molecule has 2 nitrogen and oxygen atoms in total. The average molecular weight is 659 g/mol. The summed E-state index contributed by atoms with van der Waals surface area (Å²) >= 11 is 0. The quantitative estimate of drug-likeness (QED) is 0.0606. The fraction of sp³-hybridized carbons (Fsp3) is 0.956. The van der Waals surface area contributed by atoms with Crippen LogP contribution in [0.4, 0.5) is 0 Å². The first-order valence-corrected chi connectivity index (χ1v) is 22.5. The molecule has 0 aromatic rings. The van der Waals surface area contributed by atoms with Crippen LogP contribution in [0.3, 0.4) is 0 Å². The maximum atomic E-state index is 2.73. The normalized spacial score (nSPS) is 14.7. The molecule has 1 atom stereocenters. The van der Waals surface area contributed by atoms with E-state index in [9.17, 15) is 0 Å². The van der Waals surface area contributed by atoms with Gasteiger partial charge in [0.25, 0.3) is 0 Å². The highest BCUT2D eigenvalue weighted by molar-refractivity contribution is 4.97. The summed E-state index contributed by atoms with van der Waals surface area (Å²) < 4.78 is 0. The van der Waals surface area contributed by atoms with Gasteiger partial charge in [-0.3, -0.25) is 0 Å². The molecule has 0 fully saturated rings. The predicted octanol–water partition coefficient (Wildman–Crippen LogP) is 15.9. The Bertz CT molecular complexity index is 615. The van der Waals surface area contributed by atoms with Crippen molar-refractivity contribution in [2.75, 3.05) is 13.1 Å². The molecule has 0 aromatic carbocycles. The standard InChI is InChI=1S/C45H90N2/c1-4-7-10-13-16-19-22-23-24-25-26-27-30-33-36-39-42-47-44-43-46(41-38-35-32-29-21-18-15-12-9-6-3)45(47)40-37-34-31-28-20-17-14-11-8-5-2/h43-45H,4-42H2,1-3H3. The van der Waals surface area contributed by atoms with Crippen molar-refractivity contribution in [1.29, 1.82) is 0 Å². The smallest absolute Gasteiger partial charge is 0.101 e. The van der Waals surface area contributed by atoms with Crippen LogP contribution in [0, 0.1) is 0 Å². The summed E-state index contributed by atoms with van der Waals surface area (Å²) in [6.45, 7) is 9.49. The molecule has 0 N–H and O–H groups in total. The number of nitrogens with zero attached hydrogens (tertiary/aromatic N) is 2. The minimum Gasteiger partial charge on any atom is -0.356 e. The third kappa shape index (κ3) is 28.8. The molecule has 1 aliphatic heterocycles. The van der Waals surface area contributed by atoms with E-state index in [0.717, 1.165) is 0 Å². The van der Waals surface area contributed by atoms with Crippen molar-refractivity contribution in [2.45, 2.75) is 265 Å². The first kappa shape index (κ1) is 44.4. The van der Waals surface area contributed by atoms with Gasteiger partial charge >= 0.3 is 0 Å². The van der Waals surface area contributed by atoms with Crippen molar-refractivity contribution in [3.63, 3.8) is 0 Å². The molecular formula is C45H90N2. The van der Waals surface area contributed by atoms with E-state index < -0.39 is 0 Å². The molecule has 1 unspecified atom stereocenters. The van der Waals surface area contributed by atoms with Crippen molar-refractivity contribution in [3.8, 4) is 0 Å². The van der Waals surface area contributed by atoms with Gasteiger partial charge in [0.05, 0.1) is 0 Å². The van der Waals surface area contributed by atoms with E-state index in [0.29, 0.717) is 6.17 Å². The van der Waals surface area contributed by atoms with E-state index in [1.54, 1.807) is 0 Å². The van der Waals surface area contributed by atoms with Crippen molar-refractivity contribution < 1.29 is 0 Å². The van der Waals surface area contributed by atoms with Gasteiger partial charge < -0.3 is 9.80 Å². The van der Waals surface area contributed by atoms with E-state index in [4.69, 9.17) is 0 Å². The van der Waals surface area contributed by atoms with Crippen LogP contribution in [0.5, 0.6) is 0 Å². The summed E-state index contributed by atoms with van der Waals surface area (Å²) in [5.41, 5.74) is 0. The lowest BCUT2D eigenvalue weighted by Crippen LogP contribution is -2.39. The minimum atomic E-state index is 0.638. The second-order valence-electron chi connectivity index (χ2n) is 15.7. The van der Waals surface area contributed by atoms with Gasteiger partial charge in [0.2, 0.25) is 0 Å². The number of unbranched alkanes of at least 4 members (excludes halogenated alkanes) is 33. The third-order valence-electron chi connectivity index (χ3n) is 11.1. The van der Waals surface area contributed by atoms with Crippen molar-refractivity contribution in [3.05, 3.63) is 12.4 Å². The minimum absolute atomic E-state index is 0.638. The first-order chi connectivity index (χ1) is 23.3. The van der Waals surface area contributed by atoms with Gasteiger partial charge in [0.15, 0.2) is 0 Å². The van der Waals surface area contributed by atoms with Gasteiger partial charge in [-0.25, -0.2) is 0 Å². The first-order valence-electron chi connectivity index (χ1n) is 22.5. The highest BCUT2D eigenvalue weighted by Crippen LogP contribution is 2.24. The van der Waals surface area contributed by atoms with Crippen LogP contribution < -0.4 is 0 Å². The summed E-state index contributed by atoms with van der Waals surface area (Å²) in [5.74, 6) is 0. The summed E-state index contributed by atoms with van der Waals surface area (Å²) in [4.78, 5) is 5.46. The highest BCUT2D eigenvalue weighted by atomic mass is 15.4. The molecule has 0 bridgehead atoms.